The van der Waals surface area contributed by atoms with E-state index in [1.54, 1.807) is 6.20 Å². The molecule has 0 aliphatic heterocycles. The summed E-state index contributed by atoms with van der Waals surface area (Å²) in [6.45, 7) is 2.54. The molecule has 0 saturated carbocycles. The third-order valence-corrected chi connectivity index (χ3v) is 3.68. The van der Waals surface area contributed by atoms with Crippen molar-refractivity contribution in [2.45, 2.75) is 13.5 Å². The molecule has 1 aromatic heterocycles. The molecule has 0 atom stereocenters. The third kappa shape index (κ3) is 3.86. The molecule has 0 saturated heterocycles. The van der Waals surface area contributed by atoms with E-state index in [1.165, 1.54) is 0 Å². The van der Waals surface area contributed by atoms with Crippen molar-refractivity contribution in [3.63, 3.8) is 0 Å². The van der Waals surface area contributed by atoms with Gasteiger partial charge in [-0.05, 0) is 42.3 Å². The monoisotopic (exact) mass is 306 g/mol. The third-order valence-electron chi connectivity index (χ3n) is 3.68. The fraction of sp³-hybridized carbons (Fsp3) is 0.158. The first kappa shape index (κ1) is 15.0. The molecule has 0 radical (unpaired) electrons. The van der Waals surface area contributed by atoms with E-state index in [0.29, 0.717) is 12.3 Å². The second kappa shape index (κ2) is 6.92. The van der Waals surface area contributed by atoms with Crippen molar-refractivity contribution in [2.24, 2.45) is 0 Å². The number of aromatic nitrogens is 1. The molecular formula is C19H18N2O2. The number of aryl methyl sites for hydroxylation is 1. The molecule has 0 aliphatic carbocycles. The number of nitrogens with zero attached hydrogens (tertiary/aromatic N) is 1. The highest BCUT2D eigenvalue weighted by atomic mass is 16.5. The molecule has 116 valence electrons. The van der Waals surface area contributed by atoms with Crippen LogP contribution >= 0.6 is 0 Å². The minimum atomic E-state index is -0.139. The summed E-state index contributed by atoms with van der Waals surface area (Å²) < 4.78 is 5.55. The van der Waals surface area contributed by atoms with Crippen LogP contribution in [-0.4, -0.2) is 17.5 Å². The Labute approximate surface area is 135 Å². The maximum absolute atomic E-state index is 11.9. The van der Waals surface area contributed by atoms with Crippen LogP contribution in [0.5, 0.6) is 5.75 Å². The van der Waals surface area contributed by atoms with Gasteiger partial charge in [0, 0.05) is 18.1 Å². The van der Waals surface area contributed by atoms with Gasteiger partial charge in [0.15, 0.2) is 6.61 Å². The summed E-state index contributed by atoms with van der Waals surface area (Å²) in [4.78, 5) is 16.2. The Morgan fingerprint density at radius 3 is 2.87 bits per heavy atom. The minimum Gasteiger partial charge on any atom is -0.484 e. The minimum absolute atomic E-state index is 0.00233. The van der Waals surface area contributed by atoms with E-state index in [-0.39, 0.29) is 12.5 Å². The summed E-state index contributed by atoms with van der Waals surface area (Å²) in [5.41, 5.74) is 3.18. The predicted octanol–water partition coefficient (Wildman–Crippen LogP) is 3.24. The zero-order valence-corrected chi connectivity index (χ0v) is 13.0. The largest absolute Gasteiger partial charge is 0.484 e. The van der Waals surface area contributed by atoms with E-state index in [4.69, 9.17) is 4.74 Å². The average Bonchev–Trinajstić information content (AvgIpc) is 2.59. The Kier molecular flexibility index (Phi) is 4.52. The van der Waals surface area contributed by atoms with Crippen LogP contribution < -0.4 is 10.1 Å². The SMILES string of the molecule is Cc1ccccc1CNC(=O)COc1ccc2ncccc2c1. The van der Waals surface area contributed by atoms with E-state index in [9.17, 15) is 4.79 Å². The van der Waals surface area contributed by atoms with E-state index in [1.807, 2.05) is 61.5 Å². The van der Waals surface area contributed by atoms with Crippen LogP contribution in [0.1, 0.15) is 11.1 Å². The lowest BCUT2D eigenvalue weighted by atomic mass is 10.1. The fourth-order valence-corrected chi connectivity index (χ4v) is 2.35. The van der Waals surface area contributed by atoms with Gasteiger partial charge < -0.3 is 10.1 Å². The lowest BCUT2D eigenvalue weighted by Crippen LogP contribution is -2.28. The highest BCUT2D eigenvalue weighted by Crippen LogP contribution is 2.18. The molecule has 1 amide bonds. The highest BCUT2D eigenvalue weighted by molar-refractivity contribution is 5.80. The first-order valence-corrected chi connectivity index (χ1v) is 7.51. The number of carbonyl (C=O) groups excluding carboxylic acids is 1. The number of hydrogen-bond acceptors (Lipinski definition) is 3. The van der Waals surface area contributed by atoms with Gasteiger partial charge in [0.2, 0.25) is 0 Å². The summed E-state index contributed by atoms with van der Waals surface area (Å²) in [6, 6.07) is 17.4. The number of benzene rings is 2. The summed E-state index contributed by atoms with van der Waals surface area (Å²) in [6.07, 6.45) is 1.75. The van der Waals surface area contributed by atoms with Crippen LogP contribution in [0.15, 0.2) is 60.8 Å². The van der Waals surface area contributed by atoms with E-state index in [2.05, 4.69) is 10.3 Å². The molecule has 0 aliphatic rings. The maximum Gasteiger partial charge on any atom is 0.258 e. The lowest BCUT2D eigenvalue weighted by molar-refractivity contribution is -0.123. The van der Waals surface area contributed by atoms with Crippen LogP contribution in [0.25, 0.3) is 10.9 Å². The predicted molar refractivity (Wildman–Crippen MR) is 90.3 cm³/mol. The highest BCUT2D eigenvalue weighted by Gasteiger charge is 2.05. The Bertz CT molecular complexity index is 830. The summed E-state index contributed by atoms with van der Waals surface area (Å²) in [5, 5.41) is 3.86. The van der Waals surface area contributed by atoms with Crippen molar-refractivity contribution in [2.75, 3.05) is 6.61 Å². The number of fused-ring (bicyclic) bond motifs is 1. The molecule has 3 rings (SSSR count). The summed E-state index contributed by atoms with van der Waals surface area (Å²) >= 11 is 0. The number of amides is 1. The van der Waals surface area contributed by atoms with Gasteiger partial charge in [-0.3, -0.25) is 9.78 Å². The summed E-state index contributed by atoms with van der Waals surface area (Å²) in [7, 11) is 0. The fourth-order valence-electron chi connectivity index (χ4n) is 2.35. The Morgan fingerprint density at radius 2 is 2.00 bits per heavy atom. The van der Waals surface area contributed by atoms with Gasteiger partial charge in [-0.15, -0.1) is 0 Å². The number of pyridine rings is 1. The second-order valence-electron chi connectivity index (χ2n) is 5.35. The average molecular weight is 306 g/mol. The van der Waals surface area contributed by atoms with Gasteiger partial charge in [-0.2, -0.15) is 0 Å². The molecule has 1 heterocycles. The van der Waals surface area contributed by atoms with Gasteiger partial charge in [0.05, 0.1) is 5.52 Å². The zero-order valence-electron chi connectivity index (χ0n) is 13.0. The molecule has 23 heavy (non-hydrogen) atoms. The van der Waals surface area contributed by atoms with Gasteiger partial charge in [0.25, 0.3) is 5.91 Å². The Morgan fingerprint density at radius 1 is 1.13 bits per heavy atom. The molecule has 4 nitrogen and oxygen atoms in total. The van der Waals surface area contributed by atoms with Gasteiger partial charge in [-0.1, -0.05) is 30.3 Å². The molecule has 0 bridgehead atoms. The van der Waals surface area contributed by atoms with Crippen molar-refractivity contribution in [1.29, 1.82) is 0 Å². The van der Waals surface area contributed by atoms with E-state index >= 15 is 0 Å². The van der Waals surface area contributed by atoms with Crippen molar-refractivity contribution in [1.82, 2.24) is 10.3 Å². The number of hydrogen-bond donors (Lipinski definition) is 1. The smallest absolute Gasteiger partial charge is 0.258 e. The Balaban J connectivity index is 1.54. The van der Waals surface area contributed by atoms with Crippen LogP contribution in [0, 0.1) is 6.92 Å². The van der Waals surface area contributed by atoms with Gasteiger partial charge >= 0.3 is 0 Å². The van der Waals surface area contributed by atoms with Crippen LogP contribution in [-0.2, 0) is 11.3 Å². The lowest BCUT2D eigenvalue weighted by Gasteiger charge is -2.09. The molecule has 0 spiro atoms. The van der Waals surface area contributed by atoms with Crippen LogP contribution in [0.4, 0.5) is 0 Å². The molecule has 4 heteroatoms. The Hall–Kier alpha value is -2.88. The molecule has 0 fully saturated rings. The van der Waals surface area contributed by atoms with Crippen molar-refractivity contribution in [3.8, 4) is 5.75 Å². The molecule has 2 aromatic carbocycles. The van der Waals surface area contributed by atoms with Crippen LogP contribution in [0.2, 0.25) is 0 Å². The van der Waals surface area contributed by atoms with Crippen molar-refractivity contribution < 1.29 is 9.53 Å². The standard InChI is InChI=1S/C19H18N2O2/c1-14-5-2-3-6-16(14)12-21-19(22)13-23-17-8-9-18-15(11-17)7-4-10-20-18/h2-11H,12-13H2,1H3,(H,21,22). The normalized spacial score (nSPS) is 10.5. The molecule has 1 N–H and O–H groups in total. The maximum atomic E-state index is 11.9. The first-order valence-electron chi connectivity index (χ1n) is 7.51. The van der Waals surface area contributed by atoms with Gasteiger partial charge in [0.1, 0.15) is 5.75 Å². The quantitative estimate of drug-likeness (QED) is 0.787. The van der Waals surface area contributed by atoms with Crippen molar-refractivity contribution >= 4 is 16.8 Å². The molecule has 3 aromatic rings. The van der Waals surface area contributed by atoms with E-state index < -0.39 is 0 Å². The van der Waals surface area contributed by atoms with Crippen molar-refractivity contribution in [3.05, 3.63) is 71.9 Å². The molecule has 0 unspecified atom stereocenters. The first-order chi connectivity index (χ1) is 11.2. The number of ether oxygens (including phenoxy) is 1. The van der Waals surface area contributed by atoms with E-state index in [0.717, 1.165) is 22.0 Å². The number of carbonyl (C=O) groups is 1. The topological polar surface area (TPSA) is 51.2 Å². The number of rotatable bonds is 5. The van der Waals surface area contributed by atoms with Gasteiger partial charge in [-0.25, -0.2) is 0 Å². The summed E-state index contributed by atoms with van der Waals surface area (Å²) in [5.74, 6) is 0.524. The second-order valence-corrected chi connectivity index (χ2v) is 5.35. The zero-order chi connectivity index (χ0) is 16.1. The molecular weight excluding hydrogens is 288 g/mol. The van der Waals surface area contributed by atoms with Crippen LogP contribution in [0.3, 0.4) is 0 Å². The number of nitrogens with one attached hydrogen (secondary N) is 1.